The number of benzene rings is 2. The molecule has 4 rings (SSSR count). The molecular weight excluding hydrogens is 534 g/mol. The molecule has 2 aromatic rings. The van der Waals surface area contributed by atoms with E-state index >= 15 is 0 Å². The van der Waals surface area contributed by atoms with Gasteiger partial charge in [-0.25, -0.2) is 0 Å². The Kier molecular flexibility index (Phi) is 10.6. The zero-order chi connectivity index (χ0) is 24.0. The van der Waals surface area contributed by atoms with Crippen LogP contribution in [0.5, 0.6) is 0 Å². The minimum atomic E-state index is 0. The first-order chi connectivity index (χ1) is 14.7. The third-order valence-electron chi connectivity index (χ3n) is 6.32. The summed E-state index contributed by atoms with van der Waals surface area (Å²) < 4.78 is 1.51. The van der Waals surface area contributed by atoms with Crippen molar-refractivity contribution in [3.63, 3.8) is 0 Å². The summed E-state index contributed by atoms with van der Waals surface area (Å²) in [6, 6.07) is 8.77. The maximum atomic E-state index is 3.91. The van der Waals surface area contributed by atoms with Crippen LogP contribution in [0.2, 0.25) is 0 Å². The van der Waals surface area contributed by atoms with E-state index in [0.29, 0.717) is 0 Å². The monoisotopic (exact) mass is 571 g/mol. The second-order valence-corrected chi connectivity index (χ2v) is 14.1. The third kappa shape index (κ3) is 6.52. The molecule has 2 aromatic carbocycles. The molecule has 0 spiro atoms. The van der Waals surface area contributed by atoms with E-state index in [9.17, 15) is 0 Å². The van der Waals surface area contributed by atoms with E-state index < -0.39 is 0 Å². The summed E-state index contributed by atoms with van der Waals surface area (Å²) in [6.45, 7) is 22.8. The molecule has 0 N–H and O–H groups in total. The van der Waals surface area contributed by atoms with E-state index in [1.807, 2.05) is 0 Å². The second-order valence-electron chi connectivity index (χ2n) is 11.7. The molecule has 34 heavy (non-hydrogen) atoms. The summed E-state index contributed by atoms with van der Waals surface area (Å²) in [7, 11) is 0. The summed E-state index contributed by atoms with van der Waals surface area (Å²) in [5.74, 6) is 0. The number of fused-ring (bicyclic) bond motifs is 3. The SMILES string of the molecule is C[C](C)=[Zr+2].Cc1cc(C(C)(C)C)cc2c1-c1c([c-]c(C(C)(C)C)c(C3=CC=CC3)c1C)C2.[Cl-].[Cl-]. The van der Waals surface area contributed by atoms with Crippen molar-refractivity contribution in [2.24, 2.45) is 0 Å². The number of hydrogen-bond acceptors (Lipinski definition) is 0. The van der Waals surface area contributed by atoms with Gasteiger partial charge in [0.25, 0.3) is 0 Å². The Bertz CT molecular complexity index is 1130. The molecule has 3 heteroatoms. The van der Waals surface area contributed by atoms with Crippen LogP contribution < -0.4 is 24.8 Å². The maximum absolute atomic E-state index is 3.91. The first-order valence-corrected chi connectivity index (χ1v) is 13.1. The Hall–Kier alpha value is -0.747. The van der Waals surface area contributed by atoms with Crippen molar-refractivity contribution in [2.75, 3.05) is 0 Å². The fourth-order valence-corrected chi connectivity index (χ4v) is 4.86. The van der Waals surface area contributed by atoms with Crippen molar-refractivity contribution >= 4 is 8.78 Å². The number of allylic oxidation sites excluding steroid dienone is 4. The normalized spacial score (nSPS) is 13.7. The van der Waals surface area contributed by atoms with Gasteiger partial charge in [0.15, 0.2) is 0 Å². The van der Waals surface area contributed by atoms with Crippen molar-refractivity contribution in [3.05, 3.63) is 75.4 Å². The van der Waals surface area contributed by atoms with E-state index in [-0.39, 0.29) is 35.6 Å². The van der Waals surface area contributed by atoms with Crippen LogP contribution in [-0.2, 0) is 41.5 Å². The van der Waals surface area contributed by atoms with Gasteiger partial charge in [0.1, 0.15) is 0 Å². The smallest absolute Gasteiger partial charge is 0.0132 e. The summed E-state index contributed by atoms with van der Waals surface area (Å²) in [4.78, 5) is 0. The van der Waals surface area contributed by atoms with E-state index in [0.717, 1.165) is 12.8 Å². The molecule has 2 aliphatic rings. The van der Waals surface area contributed by atoms with Gasteiger partial charge in [-0.1, -0.05) is 95.5 Å². The van der Waals surface area contributed by atoms with Crippen molar-refractivity contribution in [3.8, 4) is 11.1 Å². The van der Waals surface area contributed by atoms with Crippen LogP contribution in [0, 0.1) is 19.9 Å². The molecule has 0 fully saturated rings. The summed E-state index contributed by atoms with van der Waals surface area (Å²) in [6.07, 6.45) is 8.80. The van der Waals surface area contributed by atoms with Gasteiger partial charge in [0.05, 0.1) is 0 Å². The van der Waals surface area contributed by atoms with Gasteiger partial charge < -0.3 is 24.8 Å². The second kappa shape index (κ2) is 11.5. The van der Waals surface area contributed by atoms with Gasteiger partial charge in [0.2, 0.25) is 0 Å². The molecule has 0 aliphatic heterocycles. The van der Waals surface area contributed by atoms with Crippen molar-refractivity contribution in [1.82, 2.24) is 0 Å². The molecule has 2 aliphatic carbocycles. The summed E-state index contributed by atoms with van der Waals surface area (Å²) >= 11 is 1.55. The van der Waals surface area contributed by atoms with Gasteiger partial charge in [-0.15, -0.1) is 27.8 Å². The van der Waals surface area contributed by atoms with E-state index in [1.165, 1.54) is 58.9 Å². The molecule has 0 aromatic heterocycles. The predicted molar refractivity (Wildman–Crippen MR) is 138 cm³/mol. The minimum absolute atomic E-state index is 0. The van der Waals surface area contributed by atoms with Crippen LogP contribution in [0.25, 0.3) is 16.7 Å². The van der Waals surface area contributed by atoms with Gasteiger partial charge in [0, 0.05) is 0 Å². The molecule has 0 bridgehead atoms. The van der Waals surface area contributed by atoms with E-state index in [1.54, 1.807) is 24.2 Å². The first kappa shape index (κ1) is 31.3. The Balaban J connectivity index is 0.000000895. The number of aryl methyl sites for hydroxylation is 1. The summed E-state index contributed by atoms with van der Waals surface area (Å²) in [5.41, 5.74) is 14.6. The fourth-order valence-electron chi connectivity index (χ4n) is 4.86. The van der Waals surface area contributed by atoms with Crippen LogP contribution in [0.3, 0.4) is 0 Å². The van der Waals surface area contributed by atoms with Gasteiger partial charge in [-0.2, -0.15) is 6.07 Å². The van der Waals surface area contributed by atoms with Crippen molar-refractivity contribution in [2.45, 2.75) is 92.9 Å². The molecule has 182 valence electrons. The molecule has 0 radical (unpaired) electrons. The maximum Gasteiger partial charge on any atom is -0.0132 e. The molecule has 0 unspecified atom stereocenters. The standard InChI is InChI=1S/C28H33.C3H6.2ClH.Zr/c1-17-13-22(27(3,4)5)15-20-14-21-16-23(28(6,7)8)25(19-11-9-10-12-19)18(2)26(21)24(17)20;1-3-2;;;/h9-11,13,15H,12,14H2,1-8H3;1-2H3;2*1H;/q-1;;;;+2/p-2. The largest absolute Gasteiger partial charge is 1.00 e. The third-order valence-corrected chi connectivity index (χ3v) is 6.32. The molecule has 0 saturated heterocycles. The van der Waals surface area contributed by atoms with E-state index in [2.05, 4.69) is 106 Å². The molecule has 0 heterocycles. The topological polar surface area (TPSA) is 0 Å². The first-order valence-electron chi connectivity index (χ1n) is 11.8. The van der Waals surface area contributed by atoms with Crippen LogP contribution in [-0.4, -0.2) is 3.21 Å². The van der Waals surface area contributed by atoms with Gasteiger partial charge in [-0.3, -0.25) is 0 Å². The van der Waals surface area contributed by atoms with Crippen LogP contribution in [0.4, 0.5) is 0 Å². The Morgan fingerprint density at radius 3 is 1.94 bits per heavy atom. The average Bonchev–Trinajstić information content (AvgIpc) is 3.26. The number of rotatable bonds is 1. The molecule has 0 nitrogen and oxygen atoms in total. The number of halogens is 2. The van der Waals surface area contributed by atoms with E-state index in [4.69, 9.17) is 0 Å². The summed E-state index contributed by atoms with van der Waals surface area (Å²) in [5, 5.41) is 0. The van der Waals surface area contributed by atoms with Crippen LogP contribution >= 0.6 is 0 Å². The zero-order valence-electron chi connectivity index (χ0n) is 22.6. The molecule has 0 amide bonds. The van der Waals surface area contributed by atoms with Gasteiger partial charge in [-0.05, 0) is 41.7 Å². The van der Waals surface area contributed by atoms with Crippen LogP contribution in [0.1, 0.15) is 101 Å². The molecule has 0 atom stereocenters. The predicted octanol–water partition coefficient (Wildman–Crippen LogP) is 2.37. The Morgan fingerprint density at radius 2 is 1.47 bits per heavy atom. The Morgan fingerprint density at radius 1 is 0.882 bits per heavy atom. The van der Waals surface area contributed by atoms with Crippen molar-refractivity contribution in [1.29, 1.82) is 0 Å². The van der Waals surface area contributed by atoms with Gasteiger partial charge >= 0.3 is 41.3 Å². The zero-order valence-corrected chi connectivity index (χ0v) is 26.5. The quantitative estimate of drug-likeness (QED) is 0.393. The van der Waals surface area contributed by atoms with Crippen molar-refractivity contribution < 1.29 is 49.0 Å². The number of hydrogen-bond donors (Lipinski definition) is 0. The molecule has 0 saturated carbocycles. The average molecular weight is 574 g/mol. The van der Waals surface area contributed by atoms with Crippen LogP contribution in [0.15, 0.2) is 30.4 Å². The Labute approximate surface area is 235 Å². The molecular formula is C31H39Cl2Zr-. The fraction of sp³-hybridized carbons (Fsp3) is 0.452. The minimum Gasteiger partial charge on any atom is -1.00 e.